The van der Waals surface area contributed by atoms with Crippen molar-refractivity contribution in [3.63, 3.8) is 0 Å². The SMILES string of the molecule is Cc1cc2cnc(NC3CCN(S(=O)(=O)C4CC4)CC3)nc2c(N2CC3(CC(O)C3)C2)n1. The molecule has 2 saturated heterocycles. The Labute approximate surface area is 188 Å². The monoisotopic (exact) mass is 458 g/mol. The Balaban J connectivity index is 1.17. The Morgan fingerprint density at radius 1 is 1.12 bits per heavy atom. The van der Waals surface area contributed by atoms with Gasteiger partial charge in [0.15, 0.2) is 5.82 Å². The highest BCUT2D eigenvalue weighted by Crippen LogP contribution is 2.50. The molecule has 4 aliphatic rings. The summed E-state index contributed by atoms with van der Waals surface area (Å²) in [5, 5.41) is 14.0. The van der Waals surface area contributed by atoms with Crippen molar-refractivity contribution in [2.45, 2.75) is 62.8 Å². The molecule has 0 bridgehead atoms. The summed E-state index contributed by atoms with van der Waals surface area (Å²) in [5.74, 6) is 1.46. The van der Waals surface area contributed by atoms with E-state index in [0.29, 0.717) is 19.0 Å². The van der Waals surface area contributed by atoms with E-state index < -0.39 is 10.0 Å². The molecule has 0 aromatic carbocycles. The van der Waals surface area contributed by atoms with Crippen molar-refractivity contribution >= 4 is 32.7 Å². The maximum absolute atomic E-state index is 12.5. The number of piperidine rings is 1. The number of sulfonamides is 1. The van der Waals surface area contributed by atoms with E-state index in [1.165, 1.54) is 0 Å². The molecule has 32 heavy (non-hydrogen) atoms. The molecule has 1 spiro atoms. The molecule has 2 aliphatic heterocycles. The Bertz CT molecular complexity index is 1150. The number of aliphatic hydroxyl groups is 1. The fourth-order valence-corrected chi connectivity index (χ4v) is 7.44. The summed E-state index contributed by atoms with van der Waals surface area (Å²) in [5.41, 5.74) is 2.03. The molecule has 0 atom stereocenters. The predicted molar refractivity (Wildman–Crippen MR) is 122 cm³/mol. The van der Waals surface area contributed by atoms with E-state index in [1.807, 2.05) is 19.2 Å². The molecule has 2 aliphatic carbocycles. The number of rotatable bonds is 5. The first-order valence-corrected chi connectivity index (χ1v) is 13.1. The fourth-order valence-electron chi connectivity index (χ4n) is 5.57. The molecular formula is C22H30N6O3S. The maximum Gasteiger partial charge on any atom is 0.223 e. The largest absolute Gasteiger partial charge is 0.393 e. The van der Waals surface area contributed by atoms with Crippen LogP contribution < -0.4 is 10.2 Å². The number of aliphatic hydroxyl groups excluding tert-OH is 1. The van der Waals surface area contributed by atoms with Crippen LogP contribution in [0.5, 0.6) is 0 Å². The van der Waals surface area contributed by atoms with Crippen molar-refractivity contribution in [1.82, 2.24) is 19.3 Å². The second kappa shape index (κ2) is 7.23. The van der Waals surface area contributed by atoms with E-state index in [4.69, 9.17) is 9.97 Å². The topological polar surface area (TPSA) is 112 Å². The highest BCUT2D eigenvalue weighted by atomic mass is 32.2. The predicted octanol–water partition coefficient (Wildman–Crippen LogP) is 1.66. The fraction of sp³-hybridized carbons (Fsp3) is 0.682. The van der Waals surface area contributed by atoms with Gasteiger partial charge in [0.25, 0.3) is 0 Å². The van der Waals surface area contributed by atoms with Gasteiger partial charge in [-0.15, -0.1) is 0 Å². The van der Waals surface area contributed by atoms with E-state index >= 15 is 0 Å². The van der Waals surface area contributed by atoms with Crippen molar-refractivity contribution in [2.24, 2.45) is 5.41 Å². The average molecular weight is 459 g/mol. The quantitative estimate of drug-likeness (QED) is 0.696. The normalized spacial score (nSPS) is 24.5. The molecule has 6 rings (SSSR count). The van der Waals surface area contributed by atoms with Gasteiger partial charge in [-0.05, 0) is 51.5 Å². The van der Waals surface area contributed by atoms with E-state index in [-0.39, 0.29) is 22.8 Å². The molecule has 2 N–H and O–H groups in total. The Hall–Kier alpha value is -2.04. The van der Waals surface area contributed by atoms with Crippen LogP contribution in [0, 0.1) is 12.3 Å². The van der Waals surface area contributed by atoms with Gasteiger partial charge in [0.1, 0.15) is 5.52 Å². The number of hydrogen-bond acceptors (Lipinski definition) is 8. The van der Waals surface area contributed by atoms with Gasteiger partial charge in [0.2, 0.25) is 16.0 Å². The van der Waals surface area contributed by atoms with E-state index in [1.54, 1.807) is 4.31 Å². The van der Waals surface area contributed by atoms with Crippen LogP contribution in [-0.4, -0.2) is 76.4 Å². The van der Waals surface area contributed by atoms with Crippen molar-refractivity contribution in [3.05, 3.63) is 18.0 Å². The van der Waals surface area contributed by atoms with Crippen LogP contribution in [-0.2, 0) is 10.0 Å². The summed E-state index contributed by atoms with van der Waals surface area (Å²) < 4.78 is 26.6. The molecule has 172 valence electrons. The van der Waals surface area contributed by atoms with Crippen LogP contribution in [0.3, 0.4) is 0 Å². The van der Waals surface area contributed by atoms with E-state index in [2.05, 4.69) is 15.2 Å². The first kappa shape index (κ1) is 20.6. The van der Waals surface area contributed by atoms with Crippen molar-refractivity contribution in [2.75, 3.05) is 36.4 Å². The van der Waals surface area contributed by atoms with Gasteiger partial charge < -0.3 is 15.3 Å². The third-order valence-corrected chi connectivity index (χ3v) is 9.86. The van der Waals surface area contributed by atoms with Crippen LogP contribution in [0.25, 0.3) is 10.9 Å². The van der Waals surface area contributed by atoms with Gasteiger partial charge in [-0.2, -0.15) is 0 Å². The maximum atomic E-state index is 12.5. The number of aryl methyl sites for hydroxylation is 1. The summed E-state index contributed by atoms with van der Waals surface area (Å²) in [6.45, 7) is 4.92. The number of aromatic nitrogens is 3. The summed E-state index contributed by atoms with van der Waals surface area (Å²) in [4.78, 5) is 16.4. The highest BCUT2D eigenvalue weighted by molar-refractivity contribution is 7.90. The zero-order valence-corrected chi connectivity index (χ0v) is 19.2. The van der Waals surface area contributed by atoms with Gasteiger partial charge in [0, 0.05) is 54.9 Å². The average Bonchev–Trinajstić information content (AvgIpc) is 3.56. The number of anilines is 2. The lowest BCUT2D eigenvalue weighted by Gasteiger charge is -2.58. The van der Waals surface area contributed by atoms with Gasteiger partial charge >= 0.3 is 0 Å². The molecule has 4 fully saturated rings. The van der Waals surface area contributed by atoms with Crippen LogP contribution in [0.1, 0.15) is 44.2 Å². The molecule has 0 radical (unpaired) electrons. The molecule has 4 heterocycles. The summed E-state index contributed by atoms with van der Waals surface area (Å²) >= 11 is 0. The summed E-state index contributed by atoms with van der Waals surface area (Å²) in [6, 6.07) is 2.16. The smallest absolute Gasteiger partial charge is 0.223 e. The van der Waals surface area contributed by atoms with Crippen LogP contribution in [0.4, 0.5) is 11.8 Å². The van der Waals surface area contributed by atoms with Crippen molar-refractivity contribution in [3.8, 4) is 0 Å². The van der Waals surface area contributed by atoms with E-state index in [9.17, 15) is 13.5 Å². The van der Waals surface area contributed by atoms with Crippen molar-refractivity contribution in [1.29, 1.82) is 0 Å². The molecular weight excluding hydrogens is 428 g/mol. The molecule has 9 nitrogen and oxygen atoms in total. The Morgan fingerprint density at radius 2 is 1.84 bits per heavy atom. The number of fused-ring (bicyclic) bond motifs is 1. The minimum atomic E-state index is -3.10. The third-order valence-electron chi connectivity index (χ3n) is 7.46. The Morgan fingerprint density at radius 3 is 2.50 bits per heavy atom. The lowest BCUT2D eigenvalue weighted by atomic mass is 9.62. The van der Waals surface area contributed by atoms with Crippen molar-refractivity contribution < 1.29 is 13.5 Å². The second-order valence-electron chi connectivity index (χ2n) is 10.2. The first-order chi connectivity index (χ1) is 15.3. The highest BCUT2D eigenvalue weighted by Gasteiger charge is 2.52. The number of nitrogens with zero attached hydrogens (tertiary/aromatic N) is 5. The van der Waals surface area contributed by atoms with Crippen LogP contribution in [0.15, 0.2) is 12.3 Å². The van der Waals surface area contributed by atoms with E-state index in [0.717, 1.165) is 74.0 Å². The lowest BCUT2D eigenvalue weighted by Crippen LogP contribution is -2.64. The summed E-state index contributed by atoms with van der Waals surface area (Å²) in [6.07, 6.45) is 6.57. The minimum absolute atomic E-state index is 0.144. The van der Waals surface area contributed by atoms with Gasteiger partial charge in [0.05, 0.1) is 11.4 Å². The molecule has 0 unspecified atom stereocenters. The minimum Gasteiger partial charge on any atom is -0.393 e. The third kappa shape index (κ3) is 3.52. The molecule has 2 aromatic rings. The second-order valence-corrected chi connectivity index (χ2v) is 12.4. The van der Waals surface area contributed by atoms with Crippen LogP contribution >= 0.6 is 0 Å². The first-order valence-electron chi connectivity index (χ1n) is 11.6. The number of nitrogens with one attached hydrogen (secondary N) is 1. The molecule has 10 heteroatoms. The molecule has 2 aromatic heterocycles. The summed E-state index contributed by atoms with van der Waals surface area (Å²) in [7, 11) is -3.10. The zero-order chi connectivity index (χ0) is 22.1. The molecule has 2 saturated carbocycles. The molecule has 0 amide bonds. The standard InChI is InChI=1S/C22H30N6O3S/c1-14-8-15-11-23-21(25-16-4-6-28(7-5-16)32(30,31)18-2-3-18)26-19(15)20(24-14)27-12-22(13-27)9-17(29)10-22/h8,11,16-18,29H,2-7,9-10,12-13H2,1H3,(H,23,25,26). The number of hydrogen-bond donors (Lipinski definition) is 2. The van der Waals surface area contributed by atoms with Gasteiger partial charge in [-0.3, -0.25) is 0 Å². The van der Waals surface area contributed by atoms with Gasteiger partial charge in [-0.1, -0.05) is 0 Å². The van der Waals surface area contributed by atoms with Crippen LogP contribution in [0.2, 0.25) is 0 Å². The lowest BCUT2D eigenvalue weighted by molar-refractivity contribution is -0.0493. The van der Waals surface area contributed by atoms with Gasteiger partial charge in [-0.25, -0.2) is 27.7 Å². The zero-order valence-electron chi connectivity index (χ0n) is 18.4. The number of pyridine rings is 1. The Kier molecular flexibility index (Phi) is 4.64.